The molecule has 0 bridgehead atoms. The first-order chi connectivity index (χ1) is 11.1. The van der Waals surface area contributed by atoms with Crippen molar-refractivity contribution >= 4 is 10.9 Å². The summed E-state index contributed by atoms with van der Waals surface area (Å²) in [5.74, 6) is 1.02. The smallest absolute Gasteiger partial charge is 0.0483 e. The maximum Gasteiger partial charge on any atom is 0.0483 e. The normalized spacial score (nSPS) is 28.8. The summed E-state index contributed by atoms with van der Waals surface area (Å²) in [6, 6.07) is 7.41. The first kappa shape index (κ1) is 15.2. The van der Waals surface area contributed by atoms with Gasteiger partial charge >= 0.3 is 0 Å². The van der Waals surface area contributed by atoms with E-state index < -0.39 is 0 Å². The van der Waals surface area contributed by atoms with Gasteiger partial charge in [-0.05, 0) is 49.4 Å². The van der Waals surface area contributed by atoms with Gasteiger partial charge in [0, 0.05) is 55.3 Å². The van der Waals surface area contributed by atoms with Gasteiger partial charge in [0.25, 0.3) is 0 Å². The highest BCUT2D eigenvalue weighted by Gasteiger charge is 2.40. The Labute approximate surface area is 137 Å². The second-order valence-electron chi connectivity index (χ2n) is 7.50. The fourth-order valence-electron chi connectivity index (χ4n) is 4.96. The SMILES string of the molecule is CN1CC(C(N)CCO)C[C@@H]2c3cccc4c3c(cn4C)C[C@H]21. The Bertz CT molecular complexity index is 723. The molecule has 2 unspecified atom stereocenters. The van der Waals surface area contributed by atoms with Crippen LogP contribution in [-0.2, 0) is 13.5 Å². The van der Waals surface area contributed by atoms with Crippen molar-refractivity contribution in [2.24, 2.45) is 18.7 Å². The van der Waals surface area contributed by atoms with Crippen LogP contribution in [0.3, 0.4) is 0 Å². The maximum atomic E-state index is 9.23. The molecule has 1 saturated heterocycles. The Morgan fingerprint density at radius 3 is 2.96 bits per heavy atom. The third-order valence-corrected chi connectivity index (χ3v) is 6.13. The highest BCUT2D eigenvalue weighted by Crippen LogP contribution is 2.45. The van der Waals surface area contributed by atoms with Gasteiger partial charge in [0.05, 0.1) is 0 Å². The second kappa shape index (κ2) is 5.62. The summed E-state index contributed by atoms with van der Waals surface area (Å²) in [6.07, 6.45) is 5.29. The zero-order valence-corrected chi connectivity index (χ0v) is 14.1. The van der Waals surface area contributed by atoms with E-state index >= 15 is 0 Å². The molecule has 0 amide bonds. The van der Waals surface area contributed by atoms with E-state index in [9.17, 15) is 5.11 Å². The van der Waals surface area contributed by atoms with E-state index in [0.29, 0.717) is 24.3 Å². The number of likely N-dealkylation sites (N-methyl/N-ethyl adjacent to an activating group) is 1. The molecule has 124 valence electrons. The first-order valence-corrected chi connectivity index (χ1v) is 8.73. The molecule has 1 fully saturated rings. The Morgan fingerprint density at radius 1 is 1.35 bits per heavy atom. The molecule has 1 aliphatic heterocycles. The lowest BCUT2D eigenvalue weighted by molar-refractivity contribution is 0.0933. The number of piperidine rings is 1. The number of likely N-dealkylation sites (tertiary alicyclic amines) is 1. The van der Waals surface area contributed by atoms with Crippen LogP contribution in [0.25, 0.3) is 10.9 Å². The van der Waals surface area contributed by atoms with Gasteiger partial charge in [-0.1, -0.05) is 12.1 Å². The molecule has 2 heterocycles. The highest BCUT2D eigenvalue weighted by atomic mass is 16.3. The Balaban J connectivity index is 1.75. The molecule has 1 aliphatic carbocycles. The molecule has 0 spiro atoms. The number of hydrogen-bond acceptors (Lipinski definition) is 3. The van der Waals surface area contributed by atoms with Crippen molar-refractivity contribution in [3.63, 3.8) is 0 Å². The van der Waals surface area contributed by atoms with Crippen LogP contribution in [0.15, 0.2) is 24.4 Å². The van der Waals surface area contributed by atoms with E-state index in [-0.39, 0.29) is 12.6 Å². The minimum Gasteiger partial charge on any atom is -0.396 e. The molecule has 0 radical (unpaired) electrons. The van der Waals surface area contributed by atoms with Crippen molar-refractivity contribution in [3.05, 3.63) is 35.5 Å². The molecular weight excluding hydrogens is 286 g/mol. The number of benzene rings is 1. The number of aliphatic hydroxyl groups excluding tert-OH is 1. The fourth-order valence-corrected chi connectivity index (χ4v) is 4.96. The van der Waals surface area contributed by atoms with Gasteiger partial charge in [0.2, 0.25) is 0 Å². The van der Waals surface area contributed by atoms with Gasteiger partial charge in [-0.2, -0.15) is 0 Å². The number of aromatic nitrogens is 1. The molecule has 4 nitrogen and oxygen atoms in total. The molecule has 2 aliphatic rings. The Hall–Kier alpha value is -1.36. The van der Waals surface area contributed by atoms with Crippen LogP contribution in [0.1, 0.15) is 29.9 Å². The van der Waals surface area contributed by atoms with Crippen molar-refractivity contribution in [3.8, 4) is 0 Å². The van der Waals surface area contributed by atoms with Gasteiger partial charge in [-0.25, -0.2) is 0 Å². The standard InChI is InChI=1S/C19H27N3O/c1-21-11-13-9-18-15(14-4-3-5-17(21)19(13)14)8-12(10-22(18)2)16(20)6-7-23/h3-5,11-12,15-16,18,23H,6-10,20H2,1-2H3/t12?,15-,16?,18-/m1/s1. The molecule has 1 aromatic carbocycles. The summed E-state index contributed by atoms with van der Waals surface area (Å²) in [5, 5.41) is 10.7. The molecule has 2 aromatic rings. The first-order valence-electron chi connectivity index (χ1n) is 8.73. The van der Waals surface area contributed by atoms with E-state index in [1.165, 1.54) is 22.0 Å². The largest absolute Gasteiger partial charge is 0.396 e. The van der Waals surface area contributed by atoms with E-state index in [4.69, 9.17) is 5.73 Å². The number of nitrogens with two attached hydrogens (primary N) is 1. The fraction of sp³-hybridized carbons (Fsp3) is 0.579. The van der Waals surface area contributed by atoms with Crippen LogP contribution in [0.4, 0.5) is 0 Å². The third kappa shape index (κ3) is 2.32. The minimum absolute atomic E-state index is 0.0970. The van der Waals surface area contributed by atoms with E-state index in [0.717, 1.165) is 19.4 Å². The zero-order valence-electron chi connectivity index (χ0n) is 14.1. The number of hydrogen-bond donors (Lipinski definition) is 2. The van der Waals surface area contributed by atoms with Crippen molar-refractivity contribution in [1.29, 1.82) is 0 Å². The van der Waals surface area contributed by atoms with Crippen LogP contribution in [-0.4, -0.2) is 46.9 Å². The van der Waals surface area contributed by atoms with Crippen molar-refractivity contribution < 1.29 is 5.11 Å². The zero-order chi connectivity index (χ0) is 16.1. The van der Waals surface area contributed by atoms with Crippen LogP contribution < -0.4 is 5.73 Å². The molecule has 23 heavy (non-hydrogen) atoms. The lowest BCUT2D eigenvalue weighted by atomic mass is 9.71. The molecular formula is C19H27N3O. The predicted octanol–water partition coefficient (Wildman–Crippen LogP) is 1.85. The molecule has 4 rings (SSSR count). The van der Waals surface area contributed by atoms with Crippen LogP contribution >= 0.6 is 0 Å². The van der Waals surface area contributed by atoms with Crippen molar-refractivity contribution in [2.75, 3.05) is 20.2 Å². The number of aliphatic hydroxyl groups is 1. The summed E-state index contributed by atoms with van der Waals surface area (Å²) in [5.41, 5.74) is 10.7. The van der Waals surface area contributed by atoms with Gasteiger partial charge in [-0.15, -0.1) is 0 Å². The third-order valence-electron chi connectivity index (χ3n) is 6.13. The van der Waals surface area contributed by atoms with E-state index in [1.54, 1.807) is 0 Å². The van der Waals surface area contributed by atoms with Gasteiger partial charge in [0.15, 0.2) is 0 Å². The molecule has 4 heteroatoms. The number of nitrogens with zero attached hydrogens (tertiary/aromatic N) is 2. The lowest BCUT2D eigenvalue weighted by Gasteiger charge is -2.47. The monoisotopic (exact) mass is 313 g/mol. The van der Waals surface area contributed by atoms with Crippen molar-refractivity contribution in [2.45, 2.75) is 37.3 Å². The summed E-state index contributed by atoms with van der Waals surface area (Å²) < 4.78 is 2.26. The molecule has 4 atom stereocenters. The van der Waals surface area contributed by atoms with E-state index in [2.05, 4.69) is 48.0 Å². The van der Waals surface area contributed by atoms with E-state index in [1.807, 2.05) is 0 Å². The van der Waals surface area contributed by atoms with Gasteiger partial charge in [-0.3, -0.25) is 0 Å². The number of fused-ring (bicyclic) bond motifs is 2. The molecule has 0 saturated carbocycles. The number of aryl methyl sites for hydroxylation is 1. The average molecular weight is 313 g/mol. The summed E-state index contributed by atoms with van der Waals surface area (Å²) >= 11 is 0. The maximum absolute atomic E-state index is 9.23. The minimum atomic E-state index is 0.0970. The van der Waals surface area contributed by atoms with Crippen LogP contribution in [0, 0.1) is 5.92 Å². The highest BCUT2D eigenvalue weighted by molar-refractivity contribution is 5.89. The quantitative estimate of drug-likeness (QED) is 0.909. The summed E-state index contributed by atoms with van der Waals surface area (Å²) in [6.45, 7) is 1.23. The van der Waals surface area contributed by atoms with Crippen LogP contribution in [0.2, 0.25) is 0 Å². The Morgan fingerprint density at radius 2 is 2.17 bits per heavy atom. The summed E-state index contributed by atoms with van der Waals surface area (Å²) in [4.78, 5) is 2.50. The lowest BCUT2D eigenvalue weighted by Crippen LogP contribution is -2.52. The molecule has 3 N–H and O–H groups in total. The average Bonchev–Trinajstić information content (AvgIpc) is 2.86. The van der Waals surface area contributed by atoms with Gasteiger partial charge in [0.1, 0.15) is 0 Å². The summed E-state index contributed by atoms with van der Waals surface area (Å²) in [7, 11) is 4.39. The second-order valence-corrected chi connectivity index (χ2v) is 7.50. The van der Waals surface area contributed by atoms with Crippen LogP contribution in [0.5, 0.6) is 0 Å². The molecule has 1 aromatic heterocycles. The van der Waals surface area contributed by atoms with Gasteiger partial charge < -0.3 is 20.3 Å². The predicted molar refractivity (Wildman–Crippen MR) is 93.6 cm³/mol. The number of rotatable bonds is 3. The van der Waals surface area contributed by atoms with Crippen molar-refractivity contribution in [1.82, 2.24) is 9.47 Å². The topological polar surface area (TPSA) is 54.4 Å². The Kier molecular flexibility index (Phi) is 3.71.